The number of sulfone groups is 1. The molecule has 0 heterocycles. The van der Waals surface area contributed by atoms with Crippen LogP contribution in [0.2, 0.25) is 0 Å². The second kappa shape index (κ2) is 6.19. The molecule has 0 aliphatic rings. The summed E-state index contributed by atoms with van der Waals surface area (Å²) in [4.78, 5) is 12.0. The summed E-state index contributed by atoms with van der Waals surface area (Å²) in [5.41, 5.74) is 1.13. The Labute approximate surface area is 115 Å². The molecular weight excluding hydrogens is 262 g/mol. The van der Waals surface area contributed by atoms with Gasteiger partial charge >= 0.3 is 0 Å². The van der Waals surface area contributed by atoms with Gasteiger partial charge in [0, 0.05) is 17.9 Å². The molecule has 0 aliphatic heterocycles. The Morgan fingerprint density at radius 2 is 1.89 bits per heavy atom. The summed E-state index contributed by atoms with van der Waals surface area (Å²) in [7, 11) is -3.09. The van der Waals surface area contributed by atoms with Gasteiger partial charge in [-0.2, -0.15) is 0 Å². The zero-order chi connectivity index (χ0) is 14.6. The first-order valence-electron chi connectivity index (χ1n) is 6.26. The Balaban J connectivity index is 2.84. The summed E-state index contributed by atoms with van der Waals surface area (Å²) in [5.74, 6) is 0.133. The number of carbonyl (C=O) groups is 1. The fourth-order valence-corrected chi connectivity index (χ4v) is 2.35. The number of rotatable bonds is 5. The average Bonchev–Trinajstić information content (AvgIpc) is 2.26. The Morgan fingerprint density at radius 3 is 2.42 bits per heavy atom. The van der Waals surface area contributed by atoms with Crippen LogP contribution < -0.4 is 5.32 Å². The first kappa shape index (κ1) is 15.7. The van der Waals surface area contributed by atoms with Crippen LogP contribution in [0.15, 0.2) is 24.3 Å². The molecule has 1 unspecified atom stereocenters. The maximum Gasteiger partial charge on any atom is 0.251 e. The lowest BCUT2D eigenvalue weighted by Gasteiger charge is -2.17. The van der Waals surface area contributed by atoms with Crippen molar-refractivity contribution >= 4 is 15.7 Å². The minimum absolute atomic E-state index is 0.0478. The van der Waals surface area contributed by atoms with E-state index in [1.807, 2.05) is 20.8 Å². The van der Waals surface area contributed by atoms with Crippen molar-refractivity contribution in [3.05, 3.63) is 35.4 Å². The predicted molar refractivity (Wildman–Crippen MR) is 76.8 cm³/mol. The molecule has 4 nitrogen and oxygen atoms in total. The van der Waals surface area contributed by atoms with Crippen molar-refractivity contribution in [2.45, 2.75) is 32.6 Å². The van der Waals surface area contributed by atoms with Gasteiger partial charge in [0.05, 0.1) is 5.75 Å². The lowest BCUT2D eigenvalue weighted by Crippen LogP contribution is -2.36. The number of carbonyl (C=O) groups excluding carboxylic acids is 1. The maximum atomic E-state index is 12.0. The van der Waals surface area contributed by atoms with Gasteiger partial charge in [0.2, 0.25) is 0 Å². The fraction of sp³-hybridized carbons (Fsp3) is 0.500. The van der Waals surface area contributed by atoms with Crippen LogP contribution in [0.4, 0.5) is 0 Å². The number of hydrogen-bond donors (Lipinski definition) is 1. The monoisotopic (exact) mass is 283 g/mol. The summed E-state index contributed by atoms with van der Waals surface area (Å²) in [6, 6.07) is 6.81. The molecular formula is C14H21NO3S. The van der Waals surface area contributed by atoms with Crippen molar-refractivity contribution in [2.75, 3.05) is 6.26 Å². The molecule has 0 radical (unpaired) electrons. The Hall–Kier alpha value is -1.36. The molecule has 0 bridgehead atoms. The van der Waals surface area contributed by atoms with Crippen LogP contribution in [0, 0.1) is 5.92 Å². The summed E-state index contributed by atoms with van der Waals surface area (Å²) in [5, 5.41) is 2.90. The second-order valence-corrected chi connectivity index (χ2v) is 7.42. The fourth-order valence-electron chi connectivity index (χ4n) is 1.56. The van der Waals surface area contributed by atoms with Crippen molar-refractivity contribution in [1.29, 1.82) is 0 Å². The molecule has 0 aromatic heterocycles. The van der Waals surface area contributed by atoms with Gasteiger partial charge in [-0.05, 0) is 30.5 Å². The van der Waals surface area contributed by atoms with Crippen molar-refractivity contribution in [3.8, 4) is 0 Å². The molecule has 1 amide bonds. The van der Waals surface area contributed by atoms with Crippen LogP contribution in [0.3, 0.4) is 0 Å². The lowest BCUT2D eigenvalue weighted by atomic mass is 10.1. The first-order chi connectivity index (χ1) is 8.69. The second-order valence-electron chi connectivity index (χ2n) is 5.28. The highest BCUT2D eigenvalue weighted by molar-refractivity contribution is 7.89. The summed E-state index contributed by atoms with van der Waals surface area (Å²) in [6.45, 7) is 6.01. The van der Waals surface area contributed by atoms with Crippen LogP contribution in [0.25, 0.3) is 0 Å². The molecule has 1 rings (SSSR count). The quantitative estimate of drug-likeness (QED) is 0.899. The largest absolute Gasteiger partial charge is 0.349 e. The SMILES string of the molecule is CC(C)C(C)NC(=O)c1cccc(CS(C)(=O)=O)c1. The highest BCUT2D eigenvalue weighted by atomic mass is 32.2. The van der Waals surface area contributed by atoms with Crippen LogP contribution in [0.5, 0.6) is 0 Å². The number of hydrogen-bond acceptors (Lipinski definition) is 3. The van der Waals surface area contributed by atoms with Gasteiger partial charge in [-0.1, -0.05) is 26.0 Å². The van der Waals surface area contributed by atoms with E-state index < -0.39 is 9.84 Å². The molecule has 0 fully saturated rings. The molecule has 1 atom stereocenters. The Morgan fingerprint density at radius 1 is 1.26 bits per heavy atom. The standard InChI is InChI=1S/C14H21NO3S/c1-10(2)11(3)15-14(16)13-7-5-6-12(8-13)9-19(4,17)18/h5-8,10-11H,9H2,1-4H3,(H,15,16). The molecule has 106 valence electrons. The average molecular weight is 283 g/mol. The van der Waals surface area contributed by atoms with E-state index in [-0.39, 0.29) is 17.7 Å². The third kappa shape index (κ3) is 5.42. The zero-order valence-corrected chi connectivity index (χ0v) is 12.6. The molecule has 5 heteroatoms. The molecule has 0 saturated heterocycles. The molecule has 1 N–H and O–H groups in total. The lowest BCUT2D eigenvalue weighted by molar-refractivity contribution is 0.0930. The summed E-state index contributed by atoms with van der Waals surface area (Å²) in [6.07, 6.45) is 1.18. The van der Waals surface area contributed by atoms with Crippen LogP contribution in [-0.4, -0.2) is 26.6 Å². The number of nitrogens with one attached hydrogen (secondary N) is 1. The van der Waals surface area contributed by atoms with Crippen molar-refractivity contribution in [1.82, 2.24) is 5.32 Å². The van der Waals surface area contributed by atoms with Crippen LogP contribution in [0.1, 0.15) is 36.7 Å². The van der Waals surface area contributed by atoms with Crippen molar-refractivity contribution < 1.29 is 13.2 Å². The van der Waals surface area contributed by atoms with E-state index in [9.17, 15) is 13.2 Å². The van der Waals surface area contributed by atoms with Gasteiger partial charge < -0.3 is 5.32 Å². The van der Waals surface area contributed by atoms with E-state index in [4.69, 9.17) is 0 Å². The molecule has 0 saturated carbocycles. The topological polar surface area (TPSA) is 63.2 Å². The first-order valence-corrected chi connectivity index (χ1v) is 8.32. The minimum atomic E-state index is -3.09. The van der Waals surface area contributed by atoms with Gasteiger partial charge in [-0.3, -0.25) is 4.79 Å². The summed E-state index contributed by atoms with van der Waals surface area (Å²) >= 11 is 0. The van der Waals surface area contributed by atoms with Crippen LogP contribution in [-0.2, 0) is 15.6 Å². The van der Waals surface area contributed by atoms with Gasteiger partial charge in [0.25, 0.3) is 5.91 Å². The van der Waals surface area contributed by atoms with E-state index in [1.165, 1.54) is 6.26 Å². The van der Waals surface area contributed by atoms with Crippen LogP contribution >= 0.6 is 0 Å². The molecule has 19 heavy (non-hydrogen) atoms. The Kier molecular flexibility index (Phi) is 5.11. The molecule has 1 aromatic rings. The predicted octanol–water partition coefficient (Wildman–Crippen LogP) is 2.01. The third-order valence-electron chi connectivity index (χ3n) is 2.98. The smallest absolute Gasteiger partial charge is 0.251 e. The van der Waals surface area contributed by atoms with E-state index in [2.05, 4.69) is 5.32 Å². The Bertz CT molecular complexity index is 550. The van der Waals surface area contributed by atoms with Gasteiger partial charge in [-0.25, -0.2) is 8.42 Å². The van der Waals surface area contributed by atoms with Crippen molar-refractivity contribution in [3.63, 3.8) is 0 Å². The van der Waals surface area contributed by atoms with Crippen molar-refractivity contribution in [2.24, 2.45) is 5.92 Å². The van der Waals surface area contributed by atoms with Gasteiger partial charge in [-0.15, -0.1) is 0 Å². The highest BCUT2D eigenvalue weighted by Crippen LogP contribution is 2.10. The normalized spacial score (nSPS) is 13.3. The van der Waals surface area contributed by atoms with Gasteiger partial charge in [0.1, 0.15) is 0 Å². The number of amides is 1. The summed E-state index contributed by atoms with van der Waals surface area (Å²) < 4.78 is 22.5. The number of benzene rings is 1. The van der Waals surface area contributed by atoms with E-state index in [0.29, 0.717) is 17.0 Å². The highest BCUT2D eigenvalue weighted by Gasteiger charge is 2.13. The van der Waals surface area contributed by atoms with Gasteiger partial charge in [0.15, 0.2) is 9.84 Å². The maximum absolute atomic E-state index is 12.0. The van der Waals surface area contributed by atoms with E-state index >= 15 is 0 Å². The van der Waals surface area contributed by atoms with E-state index in [0.717, 1.165) is 0 Å². The molecule has 1 aromatic carbocycles. The zero-order valence-electron chi connectivity index (χ0n) is 11.8. The minimum Gasteiger partial charge on any atom is -0.349 e. The molecule has 0 aliphatic carbocycles. The third-order valence-corrected chi connectivity index (χ3v) is 3.83. The molecule has 0 spiro atoms. The van der Waals surface area contributed by atoms with E-state index in [1.54, 1.807) is 24.3 Å².